The van der Waals surface area contributed by atoms with Gasteiger partial charge in [0.05, 0.1) is 0 Å². The van der Waals surface area contributed by atoms with Gasteiger partial charge in [-0.15, -0.1) is 13.2 Å². The Balaban J connectivity index is -0.000000135. The molecule has 0 aliphatic carbocycles. The van der Waals surface area contributed by atoms with Crippen molar-refractivity contribution in [1.29, 1.82) is 0 Å². The molecule has 0 rings (SSSR count). The Hall–Kier alpha value is -0.600. The predicted molar refractivity (Wildman–Crippen MR) is 64.4 cm³/mol. The second-order valence-corrected chi connectivity index (χ2v) is 2.55. The molecule has 0 aliphatic heterocycles. The molecule has 0 saturated heterocycles. The number of rotatable bonds is 5. The average Bonchev–Trinajstić information content (AvgIpc) is 2.27. The summed E-state index contributed by atoms with van der Waals surface area (Å²) in [5.74, 6) is 0. The van der Waals surface area contributed by atoms with E-state index in [2.05, 4.69) is 27.0 Å². The molecule has 0 bridgehead atoms. The smallest absolute Gasteiger partial charge is 0.0431 e. The van der Waals surface area contributed by atoms with E-state index in [9.17, 15) is 0 Å². The second-order valence-electron chi connectivity index (χ2n) is 2.55. The molecule has 2 nitrogen and oxygen atoms in total. The predicted octanol–water partition coefficient (Wildman–Crippen LogP) is 2.92. The average molecular weight is 202 g/mol. The Labute approximate surface area is 89.0 Å². The fourth-order valence-corrected chi connectivity index (χ4v) is 0.224. The number of unbranched alkanes of at least 4 members (excludes halogenated alkanes) is 1. The lowest BCUT2D eigenvalue weighted by atomic mass is 10.3. The van der Waals surface area contributed by atoms with Gasteiger partial charge in [-0.1, -0.05) is 26.0 Å². The van der Waals surface area contributed by atoms with Crippen LogP contribution in [0.2, 0.25) is 0 Å². The molecule has 0 aromatic carbocycles. The van der Waals surface area contributed by atoms with Crippen LogP contribution in [0.1, 0.15) is 39.5 Å². The van der Waals surface area contributed by atoms with Gasteiger partial charge in [0, 0.05) is 13.2 Å². The Morgan fingerprint density at radius 3 is 1.14 bits per heavy atom. The molecular formula is C12H26O2. The maximum Gasteiger partial charge on any atom is 0.0431 e. The van der Waals surface area contributed by atoms with Gasteiger partial charge in [-0.25, -0.2) is 0 Å². The summed E-state index contributed by atoms with van der Waals surface area (Å²) in [5, 5.41) is 16.2. The highest BCUT2D eigenvalue weighted by Gasteiger charge is 1.77. The SMILES string of the molecule is C=CCC.C=CCC.OCCCCO. The Morgan fingerprint density at radius 2 is 1.07 bits per heavy atom. The summed E-state index contributed by atoms with van der Waals surface area (Å²) in [6, 6.07) is 0. The molecule has 0 fully saturated rings. The summed E-state index contributed by atoms with van der Waals surface area (Å²) in [7, 11) is 0. The summed E-state index contributed by atoms with van der Waals surface area (Å²) in [4.78, 5) is 0. The zero-order valence-electron chi connectivity index (χ0n) is 9.71. The van der Waals surface area contributed by atoms with Gasteiger partial charge in [-0.3, -0.25) is 0 Å². The number of allylic oxidation sites excluding steroid dienone is 2. The molecule has 0 atom stereocenters. The van der Waals surface area contributed by atoms with Crippen molar-refractivity contribution in [3.8, 4) is 0 Å². The molecule has 14 heavy (non-hydrogen) atoms. The molecule has 0 aromatic heterocycles. The van der Waals surface area contributed by atoms with E-state index in [4.69, 9.17) is 10.2 Å². The maximum atomic E-state index is 8.09. The molecule has 2 heteroatoms. The van der Waals surface area contributed by atoms with Crippen LogP contribution in [0.15, 0.2) is 25.3 Å². The quantitative estimate of drug-likeness (QED) is 0.531. The number of aliphatic hydroxyl groups excluding tert-OH is 2. The highest BCUT2D eigenvalue weighted by atomic mass is 16.3. The van der Waals surface area contributed by atoms with Crippen LogP contribution in [-0.2, 0) is 0 Å². The van der Waals surface area contributed by atoms with Crippen molar-refractivity contribution >= 4 is 0 Å². The van der Waals surface area contributed by atoms with Crippen molar-refractivity contribution in [2.45, 2.75) is 39.5 Å². The fraction of sp³-hybridized carbons (Fsp3) is 0.667. The molecule has 0 unspecified atom stereocenters. The van der Waals surface area contributed by atoms with E-state index in [1.165, 1.54) is 0 Å². The Kier molecular flexibility index (Phi) is 40.0. The molecule has 0 amide bonds. The standard InChI is InChI=1S/C4H10O2.2C4H8/c5-3-1-2-4-6;2*1-3-4-2/h5-6H,1-4H2;2*3H,1,4H2,2H3. The second kappa shape index (κ2) is 29.4. The zero-order chi connectivity index (χ0) is 11.7. The first-order valence-corrected chi connectivity index (χ1v) is 5.18. The van der Waals surface area contributed by atoms with E-state index in [-0.39, 0.29) is 13.2 Å². The summed E-state index contributed by atoms with van der Waals surface area (Å²) in [6.07, 6.45) is 7.35. The highest BCUT2D eigenvalue weighted by Crippen LogP contribution is 1.80. The van der Waals surface area contributed by atoms with Gasteiger partial charge in [0.25, 0.3) is 0 Å². The lowest BCUT2D eigenvalue weighted by molar-refractivity contribution is 0.242. The minimum atomic E-state index is 0.195. The first-order valence-electron chi connectivity index (χ1n) is 5.18. The number of aliphatic hydroxyl groups is 2. The number of hydrogen-bond donors (Lipinski definition) is 2. The van der Waals surface area contributed by atoms with Crippen LogP contribution in [0.25, 0.3) is 0 Å². The number of hydrogen-bond acceptors (Lipinski definition) is 2. The van der Waals surface area contributed by atoms with E-state index in [1.54, 1.807) is 0 Å². The summed E-state index contributed by atoms with van der Waals surface area (Å²) < 4.78 is 0. The normalized spacial score (nSPS) is 7.43. The van der Waals surface area contributed by atoms with Crippen LogP contribution in [-0.4, -0.2) is 23.4 Å². The summed E-state index contributed by atoms with van der Waals surface area (Å²) >= 11 is 0. The summed E-state index contributed by atoms with van der Waals surface area (Å²) in [6.45, 7) is 11.5. The molecular weight excluding hydrogens is 176 g/mol. The van der Waals surface area contributed by atoms with Crippen LogP contribution >= 0.6 is 0 Å². The van der Waals surface area contributed by atoms with Crippen LogP contribution in [0.3, 0.4) is 0 Å². The van der Waals surface area contributed by atoms with Crippen molar-refractivity contribution in [1.82, 2.24) is 0 Å². The molecule has 0 aliphatic rings. The monoisotopic (exact) mass is 202 g/mol. The van der Waals surface area contributed by atoms with Gasteiger partial charge < -0.3 is 10.2 Å². The van der Waals surface area contributed by atoms with Crippen molar-refractivity contribution in [2.75, 3.05) is 13.2 Å². The van der Waals surface area contributed by atoms with Crippen molar-refractivity contribution in [2.24, 2.45) is 0 Å². The van der Waals surface area contributed by atoms with E-state index in [0.29, 0.717) is 0 Å². The van der Waals surface area contributed by atoms with Gasteiger partial charge in [0.1, 0.15) is 0 Å². The largest absolute Gasteiger partial charge is 0.396 e. The topological polar surface area (TPSA) is 40.5 Å². The van der Waals surface area contributed by atoms with E-state index in [0.717, 1.165) is 25.7 Å². The van der Waals surface area contributed by atoms with E-state index in [1.807, 2.05) is 12.2 Å². The van der Waals surface area contributed by atoms with Crippen molar-refractivity contribution < 1.29 is 10.2 Å². The highest BCUT2D eigenvalue weighted by molar-refractivity contribution is 4.60. The third-order valence-electron chi connectivity index (χ3n) is 1.14. The fourth-order valence-electron chi connectivity index (χ4n) is 0.224. The van der Waals surface area contributed by atoms with Gasteiger partial charge in [0.2, 0.25) is 0 Å². The first-order chi connectivity index (χ1) is 6.74. The van der Waals surface area contributed by atoms with Gasteiger partial charge in [0.15, 0.2) is 0 Å². The Bertz CT molecular complexity index is 78.3. The van der Waals surface area contributed by atoms with Gasteiger partial charge in [-0.2, -0.15) is 0 Å². The molecule has 0 heterocycles. The molecule has 0 radical (unpaired) electrons. The maximum absolute atomic E-state index is 8.09. The van der Waals surface area contributed by atoms with Crippen LogP contribution in [0, 0.1) is 0 Å². The lowest BCUT2D eigenvalue weighted by Gasteiger charge is -1.85. The summed E-state index contributed by atoms with van der Waals surface area (Å²) in [5.41, 5.74) is 0. The van der Waals surface area contributed by atoms with Gasteiger partial charge in [-0.05, 0) is 25.7 Å². The third-order valence-corrected chi connectivity index (χ3v) is 1.14. The molecule has 0 aromatic rings. The zero-order valence-corrected chi connectivity index (χ0v) is 9.71. The van der Waals surface area contributed by atoms with E-state index < -0.39 is 0 Å². The molecule has 2 N–H and O–H groups in total. The van der Waals surface area contributed by atoms with Crippen LogP contribution < -0.4 is 0 Å². The van der Waals surface area contributed by atoms with E-state index >= 15 is 0 Å². The van der Waals surface area contributed by atoms with Crippen molar-refractivity contribution in [3.05, 3.63) is 25.3 Å². The van der Waals surface area contributed by atoms with Crippen LogP contribution in [0.5, 0.6) is 0 Å². The van der Waals surface area contributed by atoms with Crippen molar-refractivity contribution in [3.63, 3.8) is 0 Å². The lowest BCUT2D eigenvalue weighted by Crippen LogP contribution is -1.85. The molecule has 86 valence electrons. The third kappa shape index (κ3) is 63.7. The van der Waals surface area contributed by atoms with Gasteiger partial charge >= 0.3 is 0 Å². The molecule has 0 saturated carbocycles. The first kappa shape index (κ1) is 19.0. The molecule has 0 spiro atoms. The van der Waals surface area contributed by atoms with Crippen LogP contribution in [0.4, 0.5) is 0 Å². The minimum Gasteiger partial charge on any atom is -0.396 e. The Morgan fingerprint density at radius 1 is 0.857 bits per heavy atom. The minimum absolute atomic E-state index is 0.195.